The molecular weight excluding hydrogens is 495 g/mol. The van der Waals surface area contributed by atoms with E-state index in [1.165, 1.54) is 21.6 Å². The van der Waals surface area contributed by atoms with Crippen LogP contribution in [0, 0.1) is 5.92 Å². The van der Waals surface area contributed by atoms with Crippen molar-refractivity contribution in [2.75, 3.05) is 5.75 Å². The second kappa shape index (κ2) is 9.66. The molecule has 2 amide bonds. The van der Waals surface area contributed by atoms with Crippen LogP contribution in [0.1, 0.15) is 33.6 Å². The number of carboxylic acids is 2. The first kappa shape index (κ1) is 27.3. The zero-order chi connectivity index (χ0) is 24.4. The summed E-state index contributed by atoms with van der Waals surface area (Å²) in [5, 5.41) is 31.1. The molecular formula is C20H25N4NaO7S2. The van der Waals surface area contributed by atoms with Gasteiger partial charge in [0, 0.05) is 27.9 Å². The number of nitrogens with two attached hydrogens (primary N) is 1. The van der Waals surface area contributed by atoms with Crippen molar-refractivity contribution in [1.29, 1.82) is 0 Å². The molecule has 0 unspecified atom stereocenters. The molecule has 4 rings (SSSR count). The first-order valence-corrected chi connectivity index (χ1v) is 12.4. The maximum absolute atomic E-state index is 12.6. The number of rotatable bonds is 8. The number of carbonyl (C=O) groups excluding carboxylic acids is 2. The number of carboxylic acid groups (broad SMARTS) is 2. The van der Waals surface area contributed by atoms with Crippen molar-refractivity contribution < 1.29 is 64.1 Å². The van der Waals surface area contributed by atoms with Crippen molar-refractivity contribution in [2.45, 2.75) is 67.9 Å². The Balaban J connectivity index is 0.00000324. The molecule has 3 fully saturated rings. The number of thioether (sulfide) groups is 2. The number of hydrogen-bond donors (Lipinski definition) is 3. The van der Waals surface area contributed by atoms with Crippen molar-refractivity contribution in [2.24, 2.45) is 16.6 Å². The first-order chi connectivity index (χ1) is 15.4. The Morgan fingerprint density at radius 1 is 1.32 bits per heavy atom. The number of aliphatic carboxylic acids is 2. The van der Waals surface area contributed by atoms with Crippen LogP contribution in [-0.2, 0) is 19.2 Å². The summed E-state index contributed by atoms with van der Waals surface area (Å²) in [5.74, 6) is -3.85. The number of aliphatic imine (C=N–C) groups is 1. The Morgan fingerprint density at radius 2 is 1.97 bits per heavy atom. The Hall–Kier alpha value is -1.25. The Labute approximate surface area is 226 Å². The van der Waals surface area contributed by atoms with Crippen LogP contribution in [0.15, 0.2) is 15.6 Å². The molecule has 0 aromatic rings. The number of hydrogen-bond acceptors (Lipinski definition) is 9. The third kappa shape index (κ3) is 4.17. The van der Waals surface area contributed by atoms with Gasteiger partial charge in [-0.1, -0.05) is 6.92 Å². The minimum atomic E-state index is -1.19. The summed E-state index contributed by atoms with van der Waals surface area (Å²) >= 11 is 2.41. The second-order valence-corrected chi connectivity index (χ2v) is 11.9. The van der Waals surface area contributed by atoms with Gasteiger partial charge in [0.15, 0.2) is 6.04 Å². The predicted octanol–water partition coefficient (Wildman–Crippen LogP) is -3.74. The van der Waals surface area contributed by atoms with Crippen LogP contribution in [0.2, 0.25) is 0 Å². The van der Waals surface area contributed by atoms with E-state index in [4.69, 9.17) is 5.73 Å². The molecule has 0 radical (unpaired) electrons. The standard InChI is InChI=1S/C20H26N4O7S2.Na/c1-4-7-9-5-10(12(18(28)29)23(9)15(7)26)32-6-8(21)14(25)22-11-16(27)24-13(19(30)31)20(2,3)33-17(11)24;/h7-9,11,13,17H,4-6,21H2,1-3H3,(H,22,25)(H,28,29)(H,30,31);/q;+1/p-1/t7-,8-,9-,11-,13+,17-;/m1./s1. The van der Waals surface area contributed by atoms with Crippen LogP contribution >= 0.6 is 23.5 Å². The van der Waals surface area contributed by atoms with Crippen LogP contribution in [0.25, 0.3) is 0 Å². The Kier molecular flexibility index (Phi) is 7.77. The van der Waals surface area contributed by atoms with Crippen molar-refractivity contribution in [3.05, 3.63) is 10.6 Å². The number of carbonyl (C=O) groups is 4. The van der Waals surface area contributed by atoms with E-state index >= 15 is 0 Å². The van der Waals surface area contributed by atoms with Crippen LogP contribution < -0.4 is 40.4 Å². The molecule has 3 saturated heterocycles. The molecule has 180 valence electrons. The zero-order valence-corrected chi connectivity index (χ0v) is 22.9. The van der Waals surface area contributed by atoms with Gasteiger partial charge in [0.2, 0.25) is 5.91 Å². The zero-order valence-electron chi connectivity index (χ0n) is 19.3. The first-order valence-electron chi connectivity index (χ1n) is 10.6. The van der Waals surface area contributed by atoms with Crippen molar-refractivity contribution in [1.82, 2.24) is 9.80 Å². The third-order valence-electron chi connectivity index (χ3n) is 6.56. The van der Waals surface area contributed by atoms with Gasteiger partial charge in [-0.25, -0.2) is 9.59 Å². The van der Waals surface area contributed by atoms with Gasteiger partial charge in [0.05, 0.1) is 12.0 Å². The monoisotopic (exact) mass is 520 g/mol. The van der Waals surface area contributed by atoms with Crippen LogP contribution in [0.4, 0.5) is 0 Å². The summed E-state index contributed by atoms with van der Waals surface area (Å²) in [4.78, 5) is 55.1. The molecule has 4 aliphatic rings. The molecule has 0 saturated carbocycles. The van der Waals surface area contributed by atoms with Crippen molar-refractivity contribution >= 4 is 53.2 Å². The van der Waals surface area contributed by atoms with Gasteiger partial charge < -0.3 is 30.9 Å². The maximum atomic E-state index is 12.6. The summed E-state index contributed by atoms with van der Waals surface area (Å²) in [6.07, 6.45) is 1.04. The number of nitrogens with zero attached hydrogens (tertiary/aromatic N) is 3. The van der Waals surface area contributed by atoms with E-state index in [0.29, 0.717) is 17.7 Å². The summed E-state index contributed by atoms with van der Waals surface area (Å²) in [6, 6.07) is -3.21. The average molecular weight is 521 g/mol. The van der Waals surface area contributed by atoms with Crippen LogP contribution in [0.3, 0.4) is 0 Å². The number of amides is 2. The maximum Gasteiger partial charge on any atom is 1.00 e. The molecule has 0 aromatic heterocycles. The molecule has 0 spiro atoms. The molecule has 6 atom stereocenters. The summed E-state index contributed by atoms with van der Waals surface area (Å²) in [6.45, 7) is 5.35. The van der Waals surface area contributed by atoms with E-state index in [2.05, 4.69) is 4.99 Å². The molecule has 0 aromatic carbocycles. The quantitative estimate of drug-likeness (QED) is 0.125. The molecule has 4 aliphatic heterocycles. The minimum Gasteiger partial charge on any atom is -0.861 e. The van der Waals surface area contributed by atoms with Gasteiger partial charge in [0.25, 0.3) is 5.91 Å². The fourth-order valence-corrected chi connectivity index (χ4v) is 7.68. The van der Waals surface area contributed by atoms with E-state index in [0.717, 1.165) is 11.8 Å². The SMILES string of the molecule is CC[C@H]1C(=O)N2C(C(=O)O)=C(SC[C@@H](N)C([O-])=N[C@@H]3C(=O)N4[C@@H]3SC(C)(C)[C@@H]4C(=O)O)C[C@H]12.[Na+]. The second-order valence-electron chi connectivity index (χ2n) is 9.00. The van der Waals surface area contributed by atoms with Crippen molar-refractivity contribution in [3.8, 4) is 0 Å². The van der Waals surface area contributed by atoms with Crippen LogP contribution in [-0.4, -0.2) is 89.7 Å². The fourth-order valence-electron chi connectivity index (χ4n) is 4.94. The van der Waals surface area contributed by atoms with Gasteiger partial charge in [-0.15, -0.1) is 23.5 Å². The van der Waals surface area contributed by atoms with E-state index < -0.39 is 52.0 Å². The normalized spacial score (nSPS) is 32.5. The van der Waals surface area contributed by atoms with Gasteiger partial charge in [-0.3, -0.25) is 14.6 Å². The Bertz CT molecular complexity index is 1000. The van der Waals surface area contributed by atoms with Gasteiger partial charge >= 0.3 is 41.5 Å². The third-order valence-corrected chi connectivity index (χ3v) is 9.35. The van der Waals surface area contributed by atoms with E-state index in [1.807, 2.05) is 6.92 Å². The van der Waals surface area contributed by atoms with E-state index in [9.17, 15) is 34.5 Å². The smallest absolute Gasteiger partial charge is 0.861 e. The number of β-lactam (4-membered cyclic amide) rings is 2. The fraction of sp³-hybridized carbons (Fsp3) is 0.650. The predicted molar refractivity (Wildman–Crippen MR) is 119 cm³/mol. The summed E-state index contributed by atoms with van der Waals surface area (Å²) in [7, 11) is 0. The number of fused-ring (bicyclic) bond motifs is 2. The molecule has 34 heavy (non-hydrogen) atoms. The topological polar surface area (TPSA) is 177 Å². The molecule has 14 heteroatoms. The largest absolute Gasteiger partial charge is 1.00 e. The van der Waals surface area contributed by atoms with E-state index in [-0.39, 0.29) is 58.9 Å². The van der Waals surface area contributed by atoms with Crippen molar-refractivity contribution in [3.63, 3.8) is 0 Å². The molecule has 0 aliphatic carbocycles. The molecule has 4 heterocycles. The minimum absolute atomic E-state index is 0. The summed E-state index contributed by atoms with van der Waals surface area (Å²) < 4.78 is -0.720. The van der Waals surface area contributed by atoms with E-state index in [1.54, 1.807) is 13.8 Å². The molecule has 4 N–H and O–H groups in total. The van der Waals surface area contributed by atoms with Crippen LogP contribution in [0.5, 0.6) is 0 Å². The molecule has 11 nitrogen and oxygen atoms in total. The Morgan fingerprint density at radius 3 is 2.53 bits per heavy atom. The van der Waals surface area contributed by atoms with Gasteiger partial charge in [0.1, 0.15) is 17.1 Å². The van der Waals surface area contributed by atoms with Gasteiger partial charge in [-0.2, -0.15) is 0 Å². The molecule has 0 bridgehead atoms. The average Bonchev–Trinajstić information content (AvgIpc) is 3.20. The van der Waals surface area contributed by atoms with Gasteiger partial charge in [-0.05, 0) is 26.2 Å². The summed E-state index contributed by atoms with van der Waals surface area (Å²) in [5.41, 5.74) is 5.93.